The molecular formula is C19H11ClN2O2S. The Balaban J connectivity index is 1.66. The van der Waals surface area contributed by atoms with Crippen molar-refractivity contribution in [3.8, 4) is 11.3 Å². The molecule has 2 aromatic carbocycles. The number of thiazole rings is 1. The summed E-state index contributed by atoms with van der Waals surface area (Å²) in [6.07, 6.45) is 1.71. The van der Waals surface area contributed by atoms with Crippen molar-refractivity contribution < 1.29 is 4.42 Å². The largest absolute Gasteiger partial charge is 0.422 e. The van der Waals surface area contributed by atoms with E-state index in [1.165, 1.54) is 11.3 Å². The van der Waals surface area contributed by atoms with E-state index < -0.39 is 5.63 Å². The smallest absolute Gasteiger partial charge is 0.345 e. The first-order chi connectivity index (χ1) is 12.2. The lowest BCUT2D eigenvalue weighted by Gasteiger charge is -1.98. The summed E-state index contributed by atoms with van der Waals surface area (Å²) in [6, 6.07) is 16.5. The van der Waals surface area contributed by atoms with Gasteiger partial charge in [-0.2, -0.15) is 0 Å². The maximum Gasteiger partial charge on any atom is 0.345 e. The summed E-state index contributed by atoms with van der Waals surface area (Å²) in [6.45, 7) is 0. The summed E-state index contributed by atoms with van der Waals surface area (Å²) >= 11 is 7.23. The Hall–Kier alpha value is -2.76. The summed E-state index contributed by atoms with van der Waals surface area (Å²) in [5.41, 5.74) is 2.08. The molecule has 25 heavy (non-hydrogen) atoms. The number of rotatable bonds is 3. The van der Waals surface area contributed by atoms with Crippen molar-refractivity contribution in [2.45, 2.75) is 0 Å². The van der Waals surface area contributed by atoms with Crippen LogP contribution in [0.3, 0.4) is 0 Å². The molecule has 0 bridgehead atoms. The topological polar surface area (TPSA) is 55.5 Å². The van der Waals surface area contributed by atoms with Crippen molar-refractivity contribution in [1.29, 1.82) is 0 Å². The number of fused-ring (bicyclic) bond motifs is 1. The Bertz CT molecular complexity index is 1130. The Morgan fingerprint density at radius 2 is 1.92 bits per heavy atom. The van der Waals surface area contributed by atoms with Crippen LogP contribution in [0.1, 0.15) is 5.56 Å². The zero-order chi connectivity index (χ0) is 17.2. The van der Waals surface area contributed by atoms with E-state index >= 15 is 0 Å². The molecule has 4 nitrogen and oxygen atoms in total. The maximum atomic E-state index is 12.2. The van der Waals surface area contributed by atoms with E-state index in [0.29, 0.717) is 27.0 Å². The molecule has 0 unspecified atom stereocenters. The van der Waals surface area contributed by atoms with E-state index in [4.69, 9.17) is 16.0 Å². The van der Waals surface area contributed by atoms with E-state index in [9.17, 15) is 4.79 Å². The van der Waals surface area contributed by atoms with Gasteiger partial charge in [0.1, 0.15) is 5.58 Å². The number of aromatic nitrogens is 1. The summed E-state index contributed by atoms with van der Waals surface area (Å²) in [5, 5.41) is 3.90. The van der Waals surface area contributed by atoms with Crippen molar-refractivity contribution in [3.63, 3.8) is 0 Å². The number of halogens is 1. The van der Waals surface area contributed by atoms with E-state index in [-0.39, 0.29) is 0 Å². The van der Waals surface area contributed by atoms with E-state index in [2.05, 4.69) is 9.98 Å². The predicted molar refractivity (Wildman–Crippen MR) is 102 cm³/mol. The highest BCUT2D eigenvalue weighted by atomic mass is 35.5. The van der Waals surface area contributed by atoms with Gasteiger partial charge in [-0.25, -0.2) is 14.8 Å². The van der Waals surface area contributed by atoms with Crippen molar-refractivity contribution in [2.24, 2.45) is 4.99 Å². The Morgan fingerprint density at radius 1 is 1.12 bits per heavy atom. The summed E-state index contributed by atoms with van der Waals surface area (Å²) < 4.78 is 5.36. The van der Waals surface area contributed by atoms with Crippen molar-refractivity contribution >= 4 is 45.3 Å². The van der Waals surface area contributed by atoms with Gasteiger partial charge < -0.3 is 4.42 Å². The van der Waals surface area contributed by atoms with Crippen LogP contribution < -0.4 is 5.63 Å². The number of hydrogen-bond donors (Lipinski definition) is 0. The van der Waals surface area contributed by atoms with Gasteiger partial charge in [0.25, 0.3) is 0 Å². The average Bonchev–Trinajstić information content (AvgIpc) is 3.09. The second-order valence-corrected chi connectivity index (χ2v) is 6.58. The van der Waals surface area contributed by atoms with Crippen LogP contribution in [0.15, 0.2) is 74.2 Å². The lowest BCUT2D eigenvalue weighted by molar-refractivity contribution is 0.563. The number of aliphatic imine (C=N–C) groups is 1. The van der Waals surface area contributed by atoms with Crippen LogP contribution in [-0.2, 0) is 0 Å². The van der Waals surface area contributed by atoms with E-state index in [1.54, 1.807) is 35.9 Å². The maximum absolute atomic E-state index is 12.2. The molecule has 0 saturated heterocycles. The first kappa shape index (κ1) is 15.7. The molecule has 0 aliphatic carbocycles. The normalized spacial score (nSPS) is 11.4. The molecule has 0 spiro atoms. The van der Waals surface area contributed by atoms with Crippen LogP contribution in [0, 0.1) is 0 Å². The lowest BCUT2D eigenvalue weighted by Crippen LogP contribution is -2.02. The molecule has 0 aliphatic heterocycles. The average molecular weight is 367 g/mol. The molecule has 122 valence electrons. The summed E-state index contributed by atoms with van der Waals surface area (Å²) in [7, 11) is 0. The molecule has 0 N–H and O–H groups in total. The van der Waals surface area contributed by atoms with Crippen LogP contribution >= 0.6 is 22.9 Å². The molecule has 4 rings (SSSR count). The molecule has 0 atom stereocenters. The van der Waals surface area contributed by atoms with Gasteiger partial charge in [-0.15, -0.1) is 11.3 Å². The van der Waals surface area contributed by atoms with Crippen molar-refractivity contribution in [1.82, 2.24) is 4.98 Å². The third kappa shape index (κ3) is 3.38. The first-order valence-corrected chi connectivity index (χ1v) is 8.73. The minimum Gasteiger partial charge on any atom is -0.422 e. The van der Waals surface area contributed by atoms with Gasteiger partial charge in [0.15, 0.2) is 0 Å². The van der Waals surface area contributed by atoms with Crippen LogP contribution in [0.2, 0.25) is 5.02 Å². The first-order valence-electron chi connectivity index (χ1n) is 7.47. The fourth-order valence-corrected chi connectivity index (χ4v) is 3.15. The molecule has 0 saturated carbocycles. The van der Waals surface area contributed by atoms with Crippen molar-refractivity contribution in [3.05, 3.63) is 81.0 Å². The van der Waals surface area contributed by atoms with Gasteiger partial charge in [-0.05, 0) is 29.8 Å². The summed E-state index contributed by atoms with van der Waals surface area (Å²) in [4.78, 5) is 21.0. The zero-order valence-corrected chi connectivity index (χ0v) is 14.4. The quantitative estimate of drug-likeness (QED) is 0.364. The fraction of sp³-hybridized carbons (Fsp3) is 0. The van der Waals surface area contributed by atoms with Crippen LogP contribution in [0.4, 0.5) is 5.13 Å². The fourth-order valence-electron chi connectivity index (χ4n) is 2.37. The minimum atomic E-state index is -0.405. The Kier molecular flexibility index (Phi) is 4.17. The number of para-hydroxylation sites is 1. The third-order valence-corrected chi connectivity index (χ3v) is 4.60. The number of hydrogen-bond acceptors (Lipinski definition) is 5. The summed E-state index contributed by atoms with van der Waals surface area (Å²) in [5.74, 6) is 0. The number of nitrogens with zero attached hydrogens (tertiary/aromatic N) is 2. The van der Waals surface area contributed by atoms with E-state index in [0.717, 1.165) is 10.9 Å². The highest BCUT2D eigenvalue weighted by molar-refractivity contribution is 7.13. The van der Waals surface area contributed by atoms with Crippen molar-refractivity contribution in [2.75, 3.05) is 0 Å². The van der Waals surface area contributed by atoms with Crippen LogP contribution in [-0.4, -0.2) is 11.2 Å². The van der Waals surface area contributed by atoms with Gasteiger partial charge in [0.05, 0.1) is 11.3 Å². The molecule has 0 fully saturated rings. The van der Waals surface area contributed by atoms with E-state index in [1.807, 2.05) is 30.3 Å². The van der Waals surface area contributed by atoms with Crippen LogP contribution in [0.5, 0.6) is 0 Å². The number of benzene rings is 2. The highest BCUT2D eigenvalue weighted by Crippen LogP contribution is 2.26. The second kappa shape index (κ2) is 6.63. The zero-order valence-electron chi connectivity index (χ0n) is 12.8. The van der Waals surface area contributed by atoms with Gasteiger partial charge in [-0.3, -0.25) is 0 Å². The predicted octanol–water partition coefficient (Wildman–Crippen LogP) is 5.32. The molecule has 4 aromatic rings. The van der Waals surface area contributed by atoms with Gasteiger partial charge in [0, 0.05) is 22.0 Å². The molecule has 0 radical (unpaired) electrons. The molecular weight excluding hydrogens is 356 g/mol. The molecule has 2 heterocycles. The van der Waals surface area contributed by atoms with Crippen LogP contribution in [0.25, 0.3) is 22.2 Å². The van der Waals surface area contributed by atoms with Gasteiger partial charge >= 0.3 is 5.63 Å². The monoisotopic (exact) mass is 366 g/mol. The lowest BCUT2D eigenvalue weighted by atomic mass is 10.1. The standard InChI is InChI=1S/C19H11ClN2O2S/c20-14-7-5-12(6-8-14)10-21-19-22-16(11-25-19)15-9-13-3-1-2-4-17(13)24-18(15)23/h1-11H/b21-10+. The molecule has 6 heteroatoms. The van der Waals surface area contributed by atoms with Gasteiger partial charge in [0.2, 0.25) is 5.13 Å². The van der Waals surface area contributed by atoms with Gasteiger partial charge in [-0.1, -0.05) is 41.9 Å². The second-order valence-electron chi connectivity index (χ2n) is 5.31. The SMILES string of the molecule is O=c1oc2ccccc2cc1-c1csc(/N=C/c2ccc(Cl)cc2)n1. The molecule has 0 amide bonds. The molecule has 2 aromatic heterocycles. The minimum absolute atomic E-state index is 0.405. The Morgan fingerprint density at radius 3 is 2.76 bits per heavy atom. The third-order valence-electron chi connectivity index (χ3n) is 3.60. The highest BCUT2D eigenvalue weighted by Gasteiger charge is 2.11. The molecule has 0 aliphatic rings. The Labute approximate surface area is 152 Å².